The smallest absolute Gasteiger partial charge is 0.256 e. The average Bonchev–Trinajstić information content (AvgIpc) is 3.06. The molecule has 1 saturated heterocycles. The molecular formula is C15H14ClNOS2. The predicted molar refractivity (Wildman–Crippen MR) is 86.7 cm³/mol. The number of rotatable bonds is 2. The van der Waals surface area contributed by atoms with Crippen molar-refractivity contribution in [1.29, 1.82) is 0 Å². The van der Waals surface area contributed by atoms with E-state index >= 15 is 0 Å². The van der Waals surface area contributed by atoms with Crippen LogP contribution in [0.25, 0.3) is 0 Å². The summed E-state index contributed by atoms with van der Waals surface area (Å²) in [6.45, 7) is 2.87. The van der Waals surface area contributed by atoms with Gasteiger partial charge in [0.1, 0.15) is 5.37 Å². The van der Waals surface area contributed by atoms with Gasteiger partial charge in [0.05, 0.1) is 10.6 Å². The van der Waals surface area contributed by atoms with E-state index < -0.39 is 0 Å². The third kappa shape index (κ3) is 2.60. The number of aryl methyl sites for hydroxylation is 1. The number of hydrogen-bond donors (Lipinski definition) is 0. The number of amides is 1. The number of thiophene rings is 1. The van der Waals surface area contributed by atoms with Crippen molar-refractivity contribution in [2.24, 2.45) is 0 Å². The van der Waals surface area contributed by atoms with Crippen LogP contribution in [0.3, 0.4) is 0 Å². The van der Waals surface area contributed by atoms with Gasteiger partial charge in [-0.15, -0.1) is 23.1 Å². The first-order chi connectivity index (χ1) is 9.66. The fourth-order valence-electron chi connectivity index (χ4n) is 2.29. The molecule has 1 aromatic carbocycles. The number of carbonyl (C=O) groups is 1. The molecule has 0 N–H and O–H groups in total. The van der Waals surface area contributed by atoms with E-state index in [1.165, 1.54) is 9.75 Å². The van der Waals surface area contributed by atoms with Crippen LogP contribution < -0.4 is 0 Å². The van der Waals surface area contributed by atoms with E-state index in [0.717, 1.165) is 12.3 Å². The predicted octanol–water partition coefficient (Wildman–Crippen LogP) is 4.60. The Kier molecular flexibility index (Phi) is 4.06. The Balaban J connectivity index is 1.89. The Morgan fingerprint density at radius 2 is 2.10 bits per heavy atom. The quantitative estimate of drug-likeness (QED) is 0.805. The van der Waals surface area contributed by atoms with E-state index in [4.69, 9.17) is 11.6 Å². The highest BCUT2D eigenvalue weighted by Crippen LogP contribution is 2.41. The van der Waals surface area contributed by atoms with Crippen molar-refractivity contribution >= 4 is 40.6 Å². The lowest BCUT2D eigenvalue weighted by Gasteiger charge is -2.23. The van der Waals surface area contributed by atoms with Crippen LogP contribution in [0.5, 0.6) is 0 Å². The summed E-state index contributed by atoms with van der Waals surface area (Å²) in [6.07, 6.45) is 0. The molecule has 1 amide bonds. The fourth-order valence-corrected chi connectivity index (χ4v) is 4.88. The second-order valence-electron chi connectivity index (χ2n) is 4.65. The molecule has 2 aromatic rings. The molecule has 2 nitrogen and oxygen atoms in total. The van der Waals surface area contributed by atoms with Gasteiger partial charge in [0.2, 0.25) is 0 Å². The van der Waals surface area contributed by atoms with Gasteiger partial charge >= 0.3 is 0 Å². The molecule has 1 aliphatic heterocycles. The fraction of sp³-hybridized carbons (Fsp3) is 0.267. The van der Waals surface area contributed by atoms with Gasteiger partial charge in [-0.3, -0.25) is 4.79 Å². The molecule has 3 rings (SSSR count). The number of halogens is 1. The zero-order valence-electron chi connectivity index (χ0n) is 11.0. The zero-order valence-corrected chi connectivity index (χ0v) is 13.4. The maximum atomic E-state index is 12.7. The normalized spacial score (nSPS) is 18.5. The maximum Gasteiger partial charge on any atom is 0.256 e. The van der Waals surface area contributed by atoms with Crippen molar-refractivity contribution in [2.45, 2.75) is 12.3 Å². The number of hydrogen-bond acceptors (Lipinski definition) is 3. The Morgan fingerprint density at radius 3 is 2.80 bits per heavy atom. The van der Waals surface area contributed by atoms with E-state index in [1.807, 2.05) is 28.8 Å². The van der Waals surface area contributed by atoms with Crippen LogP contribution in [0.2, 0.25) is 5.02 Å². The van der Waals surface area contributed by atoms with Crippen molar-refractivity contribution in [3.63, 3.8) is 0 Å². The number of nitrogens with zero attached hydrogens (tertiary/aromatic N) is 1. The van der Waals surface area contributed by atoms with Crippen molar-refractivity contribution in [3.8, 4) is 0 Å². The average molecular weight is 324 g/mol. The van der Waals surface area contributed by atoms with E-state index in [9.17, 15) is 4.79 Å². The second kappa shape index (κ2) is 5.80. The van der Waals surface area contributed by atoms with Crippen LogP contribution in [0.1, 0.15) is 25.5 Å². The molecule has 2 heterocycles. The van der Waals surface area contributed by atoms with Crippen molar-refractivity contribution < 1.29 is 4.79 Å². The van der Waals surface area contributed by atoms with E-state index in [1.54, 1.807) is 23.5 Å². The Labute approximate surface area is 131 Å². The third-order valence-electron chi connectivity index (χ3n) is 3.26. The van der Waals surface area contributed by atoms with Gasteiger partial charge in [0.15, 0.2) is 0 Å². The van der Waals surface area contributed by atoms with Gasteiger partial charge in [-0.1, -0.05) is 23.7 Å². The van der Waals surface area contributed by atoms with Gasteiger partial charge < -0.3 is 4.90 Å². The Hall–Kier alpha value is -0.970. The molecule has 0 aliphatic carbocycles. The van der Waals surface area contributed by atoms with Crippen LogP contribution in [0, 0.1) is 6.92 Å². The molecular weight excluding hydrogens is 310 g/mol. The van der Waals surface area contributed by atoms with Crippen LogP contribution in [-0.2, 0) is 0 Å². The number of thioether (sulfide) groups is 1. The zero-order chi connectivity index (χ0) is 14.1. The maximum absolute atomic E-state index is 12.7. The van der Waals surface area contributed by atoms with Crippen LogP contribution in [-0.4, -0.2) is 23.1 Å². The summed E-state index contributed by atoms with van der Waals surface area (Å²) in [6, 6.07) is 11.5. The minimum atomic E-state index is 0.0247. The molecule has 104 valence electrons. The summed E-state index contributed by atoms with van der Waals surface area (Å²) in [5, 5.41) is 0.646. The van der Waals surface area contributed by atoms with E-state index in [2.05, 4.69) is 19.1 Å². The van der Waals surface area contributed by atoms with Crippen LogP contribution >= 0.6 is 34.7 Å². The van der Waals surface area contributed by atoms with E-state index in [0.29, 0.717) is 10.6 Å². The summed E-state index contributed by atoms with van der Waals surface area (Å²) in [5.41, 5.74) is 0.593. The number of carbonyl (C=O) groups excluding carboxylic acids is 1. The molecule has 1 atom stereocenters. The lowest BCUT2D eigenvalue weighted by molar-refractivity contribution is 0.0762. The topological polar surface area (TPSA) is 20.3 Å². The minimum Gasteiger partial charge on any atom is -0.321 e. The van der Waals surface area contributed by atoms with Gasteiger partial charge in [0.25, 0.3) is 5.91 Å². The summed E-state index contributed by atoms with van der Waals surface area (Å²) < 4.78 is 0. The molecule has 20 heavy (non-hydrogen) atoms. The Morgan fingerprint density at radius 1 is 1.30 bits per heavy atom. The number of benzene rings is 1. The molecule has 5 heteroatoms. The standard InChI is InChI=1S/C15H14ClNOS2/c1-10-6-7-13(20-10)15-17(8-9-19-15)14(18)11-4-2-3-5-12(11)16/h2-7,15H,8-9H2,1H3. The van der Waals surface area contributed by atoms with Gasteiger partial charge in [-0.2, -0.15) is 0 Å². The van der Waals surface area contributed by atoms with Gasteiger partial charge in [0, 0.05) is 22.1 Å². The summed E-state index contributed by atoms with van der Waals surface area (Å²) in [5.74, 6) is 0.995. The lowest BCUT2D eigenvalue weighted by Crippen LogP contribution is -2.30. The van der Waals surface area contributed by atoms with E-state index in [-0.39, 0.29) is 11.3 Å². The third-order valence-corrected chi connectivity index (χ3v) is 6.03. The van der Waals surface area contributed by atoms with Gasteiger partial charge in [-0.25, -0.2) is 0 Å². The van der Waals surface area contributed by atoms with Crippen LogP contribution in [0.4, 0.5) is 0 Å². The largest absolute Gasteiger partial charge is 0.321 e. The highest BCUT2D eigenvalue weighted by atomic mass is 35.5. The summed E-state index contributed by atoms with van der Waals surface area (Å²) in [7, 11) is 0. The first-order valence-corrected chi connectivity index (χ1v) is 8.64. The highest BCUT2D eigenvalue weighted by molar-refractivity contribution is 7.99. The first-order valence-electron chi connectivity index (χ1n) is 6.40. The minimum absolute atomic E-state index is 0.0247. The van der Waals surface area contributed by atoms with Crippen molar-refractivity contribution in [1.82, 2.24) is 4.90 Å². The van der Waals surface area contributed by atoms with Crippen molar-refractivity contribution in [3.05, 3.63) is 56.7 Å². The SMILES string of the molecule is Cc1ccc(C2SCCN2C(=O)c2ccccc2Cl)s1. The summed E-state index contributed by atoms with van der Waals surface area (Å²) in [4.78, 5) is 17.1. The molecule has 1 aliphatic rings. The molecule has 1 fully saturated rings. The van der Waals surface area contributed by atoms with Gasteiger partial charge in [-0.05, 0) is 31.2 Å². The molecule has 0 radical (unpaired) electrons. The first kappa shape index (κ1) is 14.0. The second-order valence-corrected chi connectivity index (χ2v) is 7.56. The summed E-state index contributed by atoms with van der Waals surface area (Å²) >= 11 is 9.72. The molecule has 0 bridgehead atoms. The molecule has 0 spiro atoms. The lowest BCUT2D eigenvalue weighted by atomic mass is 10.2. The Bertz CT molecular complexity index is 640. The molecule has 0 saturated carbocycles. The highest BCUT2D eigenvalue weighted by Gasteiger charge is 2.32. The molecule has 1 aromatic heterocycles. The monoisotopic (exact) mass is 323 g/mol. The van der Waals surface area contributed by atoms with Crippen molar-refractivity contribution in [2.75, 3.05) is 12.3 Å². The van der Waals surface area contributed by atoms with Crippen LogP contribution in [0.15, 0.2) is 36.4 Å². The molecule has 1 unspecified atom stereocenters.